The van der Waals surface area contributed by atoms with Gasteiger partial charge in [-0.3, -0.25) is 0 Å². The number of epoxide rings is 1. The molecule has 0 aromatic heterocycles. The Labute approximate surface area is 68.1 Å². The Morgan fingerprint density at radius 3 is 2.45 bits per heavy atom. The molecule has 0 aliphatic carbocycles. The normalized spacial score (nSPS) is 26.9. The predicted octanol–water partition coefficient (Wildman–Crippen LogP) is 2.46. The molecule has 0 spiro atoms. The molecule has 1 aliphatic heterocycles. The van der Waals surface area contributed by atoms with Gasteiger partial charge in [-0.1, -0.05) is 31.4 Å². The fourth-order valence-electron chi connectivity index (χ4n) is 0.843. The quantitative estimate of drug-likeness (QED) is 0.444. The summed E-state index contributed by atoms with van der Waals surface area (Å²) in [4.78, 5) is 0. The fourth-order valence-corrected chi connectivity index (χ4v) is 0.843. The largest absolute Gasteiger partial charge is 0.362 e. The molecule has 1 aliphatic rings. The summed E-state index contributed by atoms with van der Waals surface area (Å²) in [6, 6.07) is 0. The lowest BCUT2D eigenvalue weighted by molar-refractivity contribution is 0.333. The molecule has 1 saturated heterocycles. The number of hydrogen-bond acceptors (Lipinski definition) is 1. The molecule has 0 amide bonds. The van der Waals surface area contributed by atoms with E-state index >= 15 is 0 Å². The number of hydrogen-bond donors (Lipinski definition) is 0. The van der Waals surface area contributed by atoms with Gasteiger partial charge in [0.25, 0.3) is 0 Å². The summed E-state index contributed by atoms with van der Waals surface area (Å²) in [5.41, 5.74) is 0.967. The molecule has 0 aromatic rings. The van der Waals surface area contributed by atoms with Crippen LogP contribution in [0.1, 0.15) is 13.8 Å². The molecule has 11 heavy (non-hydrogen) atoms. The first kappa shape index (κ1) is 8.28. The highest BCUT2D eigenvalue weighted by Gasteiger charge is 2.45. The van der Waals surface area contributed by atoms with Crippen molar-refractivity contribution in [3.63, 3.8) is 0 Å². The van der Waals surface area contributed by atoms with Gasteiger partial charge in [0.1, 0.15) is 6.10 Å². The molecule has 60 valence electrons. The standard InChI is InChI=1S/C10H14O/c1-5-8(2)6-7-9-10(3,4)11-9/h5-7,9H,1-2H2,3-4H3/b7-6-. The van der Waals surface area contributed by atoms with Gasteiger partial charge in [-0.15, -0.1) is 0 Å². The average molecular weight is 150 g/mol. The lowest BCUT2D eigenvalue weighted by Crippen LogP contribution is -1.99. The lowest BCUT2D eigenvalue weighted by Gasteiger charge is -1.89. The van der Waals surface area contributed by atoms with E-state index in [4.69, 9.17) is 4.74 Å². The minimum Gasteiger partial charge on any atom is -0.362 e. The van der Waals surface area contributed by atoms with Crippen LogP contribution in [0.3, 0.4) is 0 Å². The van der Waals surface area contributed by atoms with Crippen molar-refractivity contribution >= 4 is 0 Å². The Morgan fingerprint density at radius 1 is 1.55 bits per heavy atom. The minimum atomic E-state index is 0.0396. The van der Waals surface area contributed by atoms with Gasteiger partial charge in [-0.2, -0.15) is 0 Å². The Kier molecular flexibility index (Phi) is 2.01. The highest BCUT2D eigenvalue weighted by Crippen LogP contribution is 2.36. The monoisotopic (exact) mass is 150 g/mol. The van der Waals surface area contributed by atoms with Crippen LogP contribution < -0.4 is 0 Å². The second-order valence-corrected chi connectivity index (χ2v) is 3.28. The van der Waals surface area contributed by atoms with Crippen LogP contribution >= 0.6 is 0 Å². The summed E-state index contributed by atoms with van der Waals surface area (Å²) in [7, 11) is 0. The zero-order chi connectivity index (χ0) is 8.48. The van der Waals surface area contributed by atoms with Gasteiger partial charge in [0.05, 0.1) is 5.60 Å². The maximum atomic E-state index is 5.34. The van der Waals surface area contributed by atoms with Crippen molar-refractivity contribution in [1.29, 1.82) is 0 Å². The zero-order valence-corrected chi connectivity index (χ0v) is 7.13. The Bertz CT molecular complexity index is 211. The molecule has 1 rings (SSSR count). The van der Waals surface area contributed by atoms with Gasteiger partial charge >= 0.3 is 0 Å². The molecule has 1 atom stereocenters. The average Bonchev–Trinajstić information content (AvgIpc) is 2.54. The van der Waals surface area contributed by atoms with E-state index in [2.05, 4.69) is 27.0 Å². The van der Waals surface area contributed by atoms with Crippen molar-refractivity contribution in [3.8, 4) is 0 Å². The summed E-state index contributed by atoms with van der Waals surface area (Å²) in [6.07, 6.45) is 5.95. The molecule has 1 unspecified atom stereocenters. The van der Waals surface area contributed by atoms with Gasteiger partial charge in [0.2, 0.25) is 0 Å². The van der Waals surface area contributed by atoms with Gasteiger partial charge < -0.3 is 4.74 Å². The molecule has 1 heterocycles. The number of ether oxygens (including phenoxy) is 1. The van der Waals surface area contributed by atoms with Crippen molar-refractivity contribution in [1.82, 2.24) is 0 Å². The first-order valence-electron chi connectivity index (χ1n) is 3.73. The molecule has 1 nitrogen and oxygen atoms in total. The Hall–Kier alpha value is -0.820. The van der Waals surface area contributed by atoms with Crippen LogP contribution in [0.5, 0.6) is 0 Å². The molecular formula is C10H14O. The van der Waals surface area contributed by atoms with E-state index in [0.717, 1.165) is 5.57 Å². The summed E-state index contributed by atoms with van der Waals surface area (Å²) >= 11 is 0. The Morgan fingerprint density at radius 2 is 2.09 bits per heavy atom. The number of allylic oxidation sites excluding steroid dienone is 3. The van der Waals surface area contributed by atoms with Gasteiger partial charge in [0, 0.05) is 0 Å². The molecule has 0 N–H and O–H groups in total. The minimum absolute atomic E-state index is 0.0396. The summed E-state index contributed by atoms with van der Waals surface area (Å²) in [5.74, 6) is 0. The van der Waals surface area contributed by atoms with Gasteiger partial charge in [-0.25, -0.2) is 0 Å². The van der Waals surface area contributed by atoms with E-state index in [1.165, 1.54) is 0 Å². The molecule has 1 fully saturated rings. The highest BCUT2D eigenvalue weighted by atomic mass is 16.6. The second kappa shape index (κ2) is 2.67. The topological polar surface area (TPSA) is 12.5 Å². The first-order valence-corrected chi connectivity index (χ1v) is 3.73. The van der Waals surface area contributed by atoms with Crippen LogP contribution in [-0.2, 0) is 4.74 Å². The third-order valence-electron chi connectivity index (χ3n) is 1.81. The van der Waals surface area contributed by atoms with Crippen LogP contribution in [0.4, 0.5) is 0 Å². The SMILES string of the molecule is C=CC(=C)/C=C\C1OC1(C)C. The molecule has 0 aromatic carbocycles. The van der Waals surface area contributed by atoms with Crippen molar-refractivity contribution < 1.29 is 4.74 Å². The van der Waals surface area contributed by atoms with E-state index in [0.29, 0.717) is 0 Å². The van der Waals surface area contributed by atoms with Crippen molar-refractivity contribution in [2.24, 2.45) is 0 Å². The third kappa shape index (κ3) is 2.05. The molecular weight excluding hydrogens is 136 g/mol. The van der Waals surface area contributed by atoms with E-state index in [1.54, 1.807) is 6.08 Å². The van der Waals surface area contributed by atoms with Crippen LogP contribution in [0.15, 0.2) is 37.0 Å². The molecule has 0 bridgehead atoms. The number of rotatable bonds is 3. The van der Waals surface area contributed by atoms with Crippen molar-refractivity contribution in [2.75, 3.05) is 0 Å². The smallest absolute Gasteiger partial charge is 0.105 e. The maximum Gasteiger partial charge on any atom is 0.105 e. The van der Waals surface area contributed by atoms with Crippen LogP contribution in [0, 0.1) is 0 Å². The van der Waals surface area contributed by atoms with E-state index in [-0.39, 0.29) is 11.7 Å². The van der Waals surface area contributed by atoms with Gasteiger partial charge in [0.15, 0.2) is 0 Å². The Balaban J connectivity index is 2.39. The molecule has 0 saturated carbocycles. The zero-order valence-electron chi connectivity index (χ0n) is 7.13. The fraction of sp³-hybridized carbons (Fsp3) is 0.400. The molecule has 0 radical (unpaired) electrons. The first-order chi connectivity index (χ1) is 5.06. The van der Waals surface area contributed by atoms with Gasteiger partial charge in [-0.05, 0) is 19.4 Å². The summed E-state index contributed by atoms with van der Waals surface area (Å²) < 4.78 is 5.34. The van der Waals surface area contributed by atoms with Crippen LogP contribution in [-0.4, -0.2) is 11.7 Å². The third-order valence-corrected chi connectivity index (χ3v) is 1.81. The highest BCUT2D eigenvalue weighted by molar-refractivity contribution is 5.28. The van der Waals surface area contributed by atoms with E-state index < -0.39 is 0 Å². The predicted molar refractivity (Wildman–Crippen MR) is 47.4 cm³/mol. The summed E-state index contributed by atoms with van der Waals surface area (Å²) in [6.45, 7) is 11.5. The van der Waals surface area contributed by atoms with Crippen molar-refractivity contribution in [3.05, 3.63) is 37.0 Å². The van der Waals surface area contributed by atoms with E-state index in [9.17, 15) is 0 Å². The van der Waals surface area contributed by atoms with Crippen molar-refractivity contribution in [2.45, 2.75) is 25.6 Å². The lowest BCUT2D eigenvalue weighted by atomic mass is 10.1. The van der Waals surface area contributed by atoms with E-state index in [1.807, 2.05) is 12.2 Å². The molecule has 1 heteroatoms. The van der Waals surface area contributed by atoms with Crippen LogP contribution in [0.2, 0.25) is 0 Å². The second-order valence-electron chi connectivity index (χ2n) is 3.28. The summed E-state index contributed by atoms with van der Waals surface area (Å²) in [5, 5.41) is 0. The maximum absolute atomic E-state index is 5.34. The van der Waals surface area contributed by atoms with Crippen LogP contribution in [0.25, 0.3) is 0 Å².